The molecule has 1 saturated heterocycles. The van der Waals surface area contributed by atoms with Crippen LogP contribution < -0.4 is 11.1 Å². The summed E-state index contributed by atoms with van der Waals surface area (Å²) in [6.07, 6.45) is 4.00. The minimum absolute atomic E-state index is 0. The van der Waals surface area contributed by atoms with Gasteiger partial charge in [0.2, 0.25) is 0 Å². The standard InChI is InChI=1S/C21H27N3O.ClH/c22-14-17-8-10-20(11-9-17)21(25)23-15-18-4-6-19(7-5-18)16-24-12-2-1-3-13-24;/h4-11H,1-3,12-16,22H2,(H,23,25);1H. The lowest BCUT2D eigenvalue weighted by Crippen LogP contribution is -2.29. The third kappa shape index (κ3) is 5.84. The van der Waals surface area contributed by atoms with Crippen molar-refractivity contribution in [1.29, 1.82) is 0 Å². The molecule has 0 unspecified atom stereocenters. The number of benzene rings is 2. The zero-order valence-corrected chi connectivity index (χ0v) is 15.9. The molecule has 1 amide bonds. The average Bonchev–Trinajstić information content (AvgIpc) is 2.68. The number of halogens is 1. The van der Waals surface area contributed by atoms with Gasteiger partial charge in [-0.05, 0) is 54.8 Å². The molecule has 2 aromatic rings. The normalized spacial score (nSPS) is 14.5. The number of piperidine rings is 1. The van der Waals surface area contributed by atoms with Crippen LogP contribution in [0.25, 0.3) is 0 Å². The number of carbonyl (C=O) groups excluding carboxylic acids is 1. The topological polar surface area (TPSA) is 58.4 Å². The Morgan fingerprint density at radius 3 is 2.08 bits per heavy atom. The van der Waals surface area contributed by atoms with Crippen LogP contribution in [0.2, 0.25) is 0 Å². The largest absolute Gasteiger partial charge is 0.348 e. The molecule has 2 aromatic carbocycles. The highest BCUT2D eigenvalue weighted by Gasteiger charge is 2.10. The molecular formula is C21H28ClN3O. The van der Waals surface area contributed by atoms with Gasteiger partial charge in [-0.15, -0.1) is 12.4 Å². The van der Waals surface area contributed by atoms with Gasteiger partial charge >= 0.3 is 0 Å². The molecule has 26 heavy (non-hydrogen) atoms. The Morgan fingerprint density at radius 2 is 1.46 bits per heavy atom. The summed E-state index contributed by atoms with van der Waals surface area (Å²) < 4.78 is 0. The average molecular weight is 374 g/mol. The predicted octanol–water partition coefficient (Wildman–Crippen LogP) is 3.48. The highest BCUT2D eigenvalue weighted by atomic mass is 35.5. The Bertz CT molecular complexity index is 679. The predicted molar refractivity (Wildman–Crippen MR) is 108 cm³/mol. The molecular weight excluding hydrogens is 346 g/mol. The summed E-state index contributed by atoms with van der Waals surface area (Å²) in [5.74, 6) is -0.0547. The summed E-state index contributed by atoms with van der Waals surface area (Å²) in [6, 6.07) is 16.0. The van der Waals surface area contributed by atoms with Crippen molar-refractivity contribution in [3.63, 3.8) is 0 Å². The van der Waals surface area contributed by atoms with Gasteiger partial charge in [0.25, 0.3) is 5.91 Å². The van der Waals surface area contributed by atoms with Crippen LogP contribution >= 0.6 is 12.4 Å². The number of nitrogens with one attached hydrogen (secondary N) is 1. The first-order valence-electron chi connectivity index (χ1n) is 9.12. The van der Waals surface area contributed by atoms with Crippen LogP contribution in [0.1, 0.15) is 46.3 Å². The molecule has 0 bridgehead atoms. The fourth-order valence-corrected chi connectivity index (χ4v) is 3.21. The van der Waals surface area contributed by atoms with Crippen LogP contribution in [0.15, 0.2) is 48.5 Å². The minimum atomic E-state index is -0.0547. The number of likely N-dealkylation sites (tertiary alicyclic amines) is 1. The molecule has 3 N–H and O–H groups in total. The second-order valence-corrected chi connectivity index (χ2v) is 6.74. The van der Waals surface area contributed by atoms with Gasteiger partial charge in [-0.3, -0.25) is 9.69 Å². The molecule has 3 rings (SSSR count). The van der Waals surface area contributed by atoms with E-state index in [-0.39, 0.29) is 18.3 Å². The first-order valence-corrected chi connectivity index (χ1v) is 9.12. The van der Waals surface area contributed by atoms with Crippen LogP contribution in [0.4, 0.5) is 0 Å². The number of nitrogens with two attached hydrogens (primary N) is 1. The number of rotatable bonds is 6. The van der Waals surface area contributed by atoms with Crippen LogP contribution in [0, 0.1) is 0 Å². The summed E-state index contributed by atoms with van der Waals surface area (Å²) in [5.41, 5.74) is 9.73. The summed E-state index contributed by atoms with van der Waals surface area (Å²) in [6.45, 7) is 4.48. The van der Waals surface area contributed by atoms with Gasteiger partial charge in [0.15, 0.2) is 0 Å². The Labute approximate surface area is 162 Å². The van der Waals surface area contributed by atoms with E-state index in [2.05, 4.69) is 34.5 Å². The maximum Gasteiger partial charge on any atom is 0.251 e. The molecule has 1 aliphatic heterocycles. The van der Waals surface area contributed by atoms with Crippen LogP contribution in [0.3, 0.4) is 0 Å². The fourth-order valence-electron chi connectivity index (χ4n) is 3.21. The number of nitrogens with zero attached hydrogens (tertiary/aromatic N) is 1. The van der Waals surface area contributed by atoms with E-state index < -0.39 is 0 Å². The van der Waals surface area contributed by atoms with Crippen molar-refractivity contribution in [1.82, 2.24) is 10.2 Å². The van der Waals surface area contributed by atoms with Gasteiger partial charge in [0.05, 0.1) is 0 Å². The van der Waals surface area contributed by atoms with Crippen molar-refractivity contribution in [2.45, 2.75) is 38.9 Å². The van der Waals surface area contributed by atoms with E-state index in [1.54, 1.807) is 0 Å². The van der Waals surface area contributed by atoms with E-state index in [9.17, 15) is 4.79 Å². The quantitative estimate of drug-likeness (QED) is 0.814. The van der Waals surface area contributed by atoms with Crippen molar-refractivity contribution >= 4 is 18.3 Å². The zero-order valence-electron chi connectivity index (χ0n) is 15.1. The van der Waals surface area contributed by atoms with E-state index in [0.717, 1.165) is 17.7 Å². The molecule has 0 atom stereocenters. The van der Waals surface area contributed by atoms with Crippen LogP contribution in [0.5, 0.6) is 0 Å². The number of amides is 1. The second kappa shape index (κ2) is 10.3. The van der Waals surface area contributed by atoms with Crippen molar-refractivity contribution in [3.8, 4) is 0 Å². The molecule has 0 aromatic heterocycles. The summed E-state index contributed by atoms with van der Waals surface area (Å²) in [5, 5.41) is 2.97. The van der Waals surface area contributed by atoms with Crippen molar-refractivity contribution in [3.05, 3.63) is 70.8 Å². The Hall–Kier alpha value is -1.88. The first-order chi connectivity index (χ1) is 12.2. The monoisotopic (exact) mass is 373 g/mol. The summed E-state index contributed by atoms with van der Waals surface area (Å²) >= 11 is 0. The fraction of sp³-hybridized carbons (Fsp3) is 0.381. The second-order valence-electron chi connectivity index (χ2n) is 6.74. The van der Waals surface area contributed by atoms with Gasteiger partial charge < -0.3 is 11.1 Å². The third-order valence-corrected chi connectivity index (χ3v) is 4.78. The highest BCUT2D eigenvalue weighted by molar-refractivity contribution is 5.94. The Balaban J connectivity index is 0.00000243. The summed E-state index contributed by atoms with van der Waals surface area (Å²) in [7, 11) is 0. The van der Waals surface area contributed by atoms with E-state index >= 15 is 0 Å². The maximum absolute atomic E-state index is 12.2. The van der Waals surface area contributed by atoms with Crippen molar-refractivity contribution in [2.75, 3.05) is 13.1 Å². The maximum atomic E-state index is 12.2. The molecule has 140 valence electrons. The molecule has 0 aliphatic carbocycles. The highest BCUT2D eigenvalue weighted by Crippen LogP contribution is 2.13. The molecule has 5 heteroatoms. The number of hydrogen-bond donors (Lipinski definition) is 2. The van der Waals surface area contributed by atoms with E-state index in [4.69, 9.17) is 5.73 Å². The molecule has 4 nitrogen and oxygen atoms in total. The lowest BCUT2D eigenvalue weighted by molar-refractivity contribution is 0.0951. The van der Waals surface area contributed by atoms with E-state index in [0.29, 0.717) is 18.7 Å². The lowest BCUT2D eigenvalue weighted by Gasteiger charge is -2.26. The van der Waals surface area contributed by atoms with Gasteiger partial charge in [-0.1, -0.05) is 42.8 Å². The lowest BCUT2D eigenvalue weighted by atomic mass is 10.1. The number of hydrogen-bond acceptors (Lipinski definition) is 3. The van der Waals surface area contributed by atoms with Crippen LogP contribution in [-0.2, 0) is 19.6 Å². The van der Waals surface area contributed by atoms with E-state index in [1.807, 2.05) is 24.3 Å². The molecule has 1 fully saturated rings. The summed E-state index contributed by atoms with van der Waals surface area (Å²) in [4.78, 5) is 14.7. The smallest absolute Gasteiger partial charge is 0.251 e. The van der Waals surface area contributed by atoms with Gasteiger partial charge in [-0.2, -0.15) is 0 Å². The van der Waals surface area contributed by atoms with Gasteiger partial charge in [0, 0.05) is 25.2 Å². The molecule has 0 spiro atoms. The van der Waals surface area contributed by atoms with Crippen molar-refractivity contribution in [2.24, 2.45) is 5.73 Å². The Kier molecular flexibility index (Phi) is 8.10. The Morgan fingerprint density at radius 1 is 0.885 bits per heavy atom. The van der Waals surface area contributed by atoms with E-state index in [1.165, 1.54) is 37.9 Å². The SMILES string of the molecule is Cl.NCc1ccc(C(=O)NCc2ccc(CN3CCCCC3)cc2)cc1. The number of carbonyl (C=O) groups is 1. The van der Waals surface area contributed by atoms with Crippen molar-refractivity contribution < 1.29 is 4.79 Å². The molecule has 1 aliphatic rings. The minimum Gasteiger partial charge on any atom is -0.348 e. The third-order valence-electron chi connectivity index (χ3n) is 4.78. The first kappa shape index (κ1) is 20.4. The van der Waals surface area contributed by atoms with Gasteiger partial charge in [-0.25, -0.2) is 0 Å². The zero-order chi connectivity index (χ0) is 17.5. The molecule has 0 radical (unpaired) electrons. The molecule has 1 heterocycles. The van der Waals surface area contributed by atoms with Gasteiger partial charge in [0.1, 0.15) is 0 Å². The van der Waals surface area contributed by atoms with Crippen LogP contribution in [-0.4, -0.2) is 23.9 Å². The molecule has 0 saturated carbocycles.